The fraction of sp³-hybridized carbons (Fsp3) is 0.278. The quantitative estimate of drug-likeness (QED) is 0.688. The first-order valence-corrected chi connectivity index (χ1v) is 8.39. The summed E-state index contributed by atoms with van der Waals surface area (Å²) in [5, 5.41) is 6.19. The maximum Gasteiger partial charge on any atom is 0.433 e. The summed E-state index contributed by atoms with van der Waals surface area (Å²) in [6.07, 6.45) is -4.71. The molecule has 0 fully saturated rings. The second-order valence-electron chi connectivity index (χ2n) is 6.99. The molecule has 0 saturated heterocycles. The second-order valence-corrected chi connectivity index (χ2v) is 7.37. The van der Waals surface area contributed by atoms with Gasteiger partial charge in [-0.15, -0.1) is 0 Å². The summed E-state index contributed by atoms with van der Waals surface area (Å²) in [4.78, 5) is 16.6. The van der Waals surface area contributed by atoms with E-state index < -0.39 is 23.3 Å². The number of amides is 1. The maximum absolute atomic E-state index is 13.6. The number of nitrogens with zero attached hydrogens (tertiary/aromatic N) is 3. The molecule has 0 radical (unpaired) electrons. The van der Waals surface area contributed by atoms with Crippen LogP contribution in [0.5, 0.6) is 0 Å². The van der Waals surface area contributed by atoms with Crippen LogP contribution < -0.4 is 5.32 Å². The van der Waals surface area contributed by atoms with E-state index >= 15 is 0 Å². The van der Waals surface area contributed by atoms with E-state index in [1.807, 2.05) is 0 Å². The molecule has 0 spiro atoms. The van der Waals surface area contributed by atoms with Crippen LogP contribution in [0.3, 0.4) is 0 Å². The molecule has 9 heteroatoms. The van der Waals surface area contributed by atoms with Crippen LogP contribution in [0.25, 0.3) is 16.9 Å². The minimum Gasteiger partial charge on any atom is -0.346 e. The van der Waals surface area contributed by atoms with Gasteiger partial charge in [-0.3, -0.25) is 4.79 Å². The Morgan fingerprint density at radius 1 is 1.15 bits per heavy atom. The van der Waals surface area contributed by atoms with Crippen LogP contribution in [0, 0.1) is 0 Å². The number of rotatable bonds is 2. The average molecular weight is 397 g/mol. The van der Waals surface area contributed by atoms with Crippen molar-refractivity contribution in [3.05, 3.63) is 52.8 Å². The molecular weight excluding hydrogens is 381 g/mol. The van der Waals surface area contributed by atoms with Gasteiger partial charge in [-0.25, -0.2) is 9.50 Å². The van der Waals surface area contributed by atoms with Gasteiger partial charge in [0.2, 0.25) is 0 Å². The van der Waals surface area contributed by atoms with Gasteiger partial charge < -0.3 is 5.32 Å². The number of alkyl halides is 3. The predicted molar refractivity (Wildman–Crippen MR) is 95.7 cm³/mol. The number of benzene rings is 1. The van der Waals surface area contributed by atoms with Gasteiger partial charge in [-0.05, 0) is 26.8 Å². The maximum atomic E-state index is 13.6. The summed E-state index contributed by atoms with van der Waals surface area (Å²) < 4.78 is 41.3. The number of hydrogen-bond acceptors (Lipinski definition) is 3. The zero-order valence-corrected chi connectivity index (χ0v) is 15.5. The summed E-state index contributed by atoms with van der Waals surface area (Å²) in [7, 11) is 0. The van der Waals surface area contributed by atoms with Crippen LogP contribution >= 0.6 is 11.6 Å². The standard InChI is InChI=1S/C18H16ClF3N4O/c1-17(2,3)24-16(27)14-13(19)15-23-11(10-7-5-4-6-8-10)9-12(18(20,21)22)26(15)25-14/h4-9H,1-3H3,(H,24,27). The second kappa shape index (κ2) is 6.53. The van der Waals surface area contributed by atoms with Crippen molar-refractivity contribution in [3.63, 3.8) is 0 Å². The number of fused-ring (bicyclic) bond motifs is 1. The summed E-state index contributed by atoms with van der Waals surface area (Å²) in [5.41, 5.74) is -1.64. The summed E-state index contributed by atoms with van der Waals surface area (Å²) in [5.74, 6) is -0.674. The van der Waals surface area contributed by atoms with E-state index in [0.717, 1.165) is 6.07 Å². The molecule has 3 rings (SSSR count). The van der Waals surface area contributed by atoms with E-state index in [1.54, 1.807) is 51.1 Å². The lowest BCUT2D eigenvalue weighted by Crippen LogP contribution is -2.40. The van der Waals surface area contributed by atoms with Crippen LogP contribution in [0.2, 0.25) is 5.02 Å². The van der Waals surface area contributed by atoms with Gasteiger partial charge >= 0.3 is 6.18 Å². The molecule has 5 nitrogen and oxygen atoms in total. The molecule has 0 saturated carbocycles. The third-order valence-electron chi connectivity index (χ3n) is 3.60. The summed E-state index contributed by atoms with van der Waals surface area (Å²) in [6, 6.07) is 9.28. The fourth-order valence-electron chi connectivity index (χ4n) is 2.50. The van der Waals surface area contributed by atoms with Gasteiger partial charge in [0.25, 0.3) is 5.91 Å². The number of nitrogens with one attached hydrogen (secondary N) is 1. The van der Waals surface area contributed by atoms with Gasteiger partial charge in [0, 0.05) is 11.1 Å². The van der Waals surface area contributed by atoms with Gasteiger partial charge in [-0.2, -0.15) is 18.3 Å². The molecule has 3 aromatic rings. The van der Waals surface area contributed by atoms with Gasteiger partial charge in [0.15, 0.2) is 17.0 Å². The lowest BCUT2D eigenvalue weighted by Gasteiger charge is -2.19. The van der Waals surface area contributed by atoms with E-state index in [9.17, 15) is 18.0 Å². The van der Waals surface area contributed by atoms with Crippen LogP contribution in [0.4, 0.5) is 13.2 Å². The lowest BCUT2D eigenvalue weighted by molar-refractivity contribution is -0.142. The zero-order valence-electron chi connectivity index (χ0n) is 14.7. The van der Waals surface area contributed by atoms with E-state index in [1.165, 1.54) is 0 Å². The number of carbonyl (C=O) groups is 1. The van der Waals surface area contributed by atoms with E-state index in [2.05, 4.69) is 15.4 Å². The Labute approximate surface area is 158 Å². The van der Waals surface area contributed by atoms with Gasteiger partial charge in [-0.1, -0.05) is 41.9 Å². The Morgan fingerprint density at radius 3 is 2.33 bits per heavy atom. The molecule has 27 heavy (non-hydrogen) atoms. The number of aromatic nitrogens is 3. The molecule has 2 heterocycles. The normalized spacial score (nSPS) is 12.4. The van der Waals surface area contributed by atoms with E-state index in [0.29, 0.717) is 10.1 Å². The largest absolute Gasteiger partial charge is 0.433 e. The Balaban J connectivity index is 2.25. The Bertz CT molecular complexity index is 1010. The minimum absolute atomic E-state index is 0.0833. The van der Waals surface area contributed by atoms with E-state index in [-0.39, 0.29) is 22.1 Å². The molecule has 2 aromatic heterocycles. The number of hydrogen-bond donors (Lipinski definition) is 1. The van der Waals surface area contributed by atoms with E-state index in [4.69, 9.17) is 11.6 Å². The Hall–Kier alpha value is -2.61. The monoisotopic (exact) mass is 396 g/mol. The molecule has 0 aliphatic heterocycles. The van der Waals surface area contributed by atoms with Crippen molar-refractivity contribution in [3.8, 4) is 11.3 Å². The van der Waals surface area contributed by atoms with Crippen molar-refractivity contribution in [1.29, 1.82) is 0 Å². The Kier molecular flexibility index (Phi) is 4.63. The van der Waals surface area contributed by atoms with Crippen LogP contribution in [0.1, 0.15) is 37.0 Å². The first-order chi connectivity index (χ1) is 12.5. The smallest absolute Gasteiger partial charge is 0.346 e. The minimum atomic E-state index is -4.71. The number of carbonyl (C=O) groups excluding carboxylic acids is 1. The highest BCUT2D eigenvalue weighted by atomic mass is 35.5. The fourth-order valence-corrected chi connectivity index (χ4v) is 2.74. The van der Waals surface area contributed by atoms with Crippen molar-refractivity contribution < 1.29 is 18.0 Å². The molecule has 0 aliphatic rings. The van der Waals surface area contributed by atoms with Crippen molar-refractivity contribution >= 4 is 23.2 Å². The number of halogens is 4. The van der Waals surface area contributed by atoms with Crippen LogP contribution in [-0.2, 0) is 6.18 Å². The molecular formula is C18H16ClF3N4O. The highest BCUT2D eigenvalue weighted by molar-refractivity contribution is 6.36. The van der Waals surface area contributed by atoms with Crippen LogP contribution in [0.15, 0.2) is 36.4 Å². The first-order valence-electron chi connectivity index (χ1n) is 8.02. The SMILES string of the molecule is CC(C)(C)NC(=O)c1nn2c(C(F)(F)F)cc(-c3ccccc3)nc2c1Cl. The van der Waals surface area contributed by atoms with Crippen molar-refractivity contribution in [2.75, 3.05) is 0 Å². The van der Waals surface area contributed by atoms with Gasteiger partial charge in [0.1, 0.15) is 5.02 Å². The third-order valence-corrected chi connectivity index (χ3v) is 3.94. The Morgan fingerprint density at radius 2 is 1.78 bits per heavy atom. The van der Waals surface area contributed by atoms with Gasteiger partial charge in [0.05, 0.1) is 5.69 Å². The summed E-state index contributed by atoms with van der Waals surface area (Å²) in [6.45, 7) is 5.21. The molecule has 1 amide bonds. The zero-order chi connectivity index (χ0) is 20.0. The average Bonchev–Trinajstić information content (AvgIpc) is 2.89. The van der Waals surface area contributed by atoms with Crippen molar-refractivity contribution in [2.24, 2.45) is 0 Å². The van der Waals surface area contributed by atoms with Crippen molar-refractivity contribution in [2.45, 2.75) is 32.5 Å². The molecule has 1 aromatic carbocycles. The molecule has 0 atom stereocenters. The highest BCUT2D eigenvalue weighted by Gasteiger charge is 2.37. The topological polar surface area (TPSA) is 59.3 Å². The highest BCUT2D eigenvalue weighted by Crippen LogP contribution is 2.34. The first kappa shape index (κ1) is 19.2. The van der Waals surface area contributed by atoms with Crippen LogP contribution in [-0.4, -0.2) is 26.0 Å². The summed E-state index contributed by atoms with van der Waals surface area (Å²) >= 11 is 6.19. The molecule has 0 bridgehead atoms. The molecule has 0 unspecified atom stereocenters. The molecule has 1 N–H and O–H groups in total. The predicted octanol–water partition coefficient (Wildman–Crippen LogP) is 4.60. The third kappa shape index (κ3) is 3.90. The molecule has 142 valence electrons. The van der Waals surface area contributed by atoms with Crippen molar-refractivity contribution in [1.82, 2.24) is 19.9 Å². The molecule has 0 aliphatic carbocycles. The lowest BCUT2D eigenvalue weighted by atomic mass is 10.1.